The highest BCUT2D eigenvalue weighted by Crippen LogP contribution is 2.27. The SMILES string of the molecule is NCc1ccc(CO)c(C2=CCN(C(=O)c3cncc(C=Cc4ccccc4)c3)CC2)c1. The predicted molar refractivity (Wildman–Crippen MR) is 128 cm³/mol. The molecule has 0 aliphatic carbocycles. The highest BCUT2D eigenvalue weighted by molar-refractivity contribution is 5.95. The zero-order valence-corrected chi connectivity index (χ0v) is 17.9. The number of aliphatic hydroxyl groups is 1. The maximum Gasteiger partial charge on any atom is 0.255 e. The fourth-order valence-electron chi connectivity index (χ4n) is 3.89. The van der Waals surface area contributed by atoms with Gasteiger partial charge in [0.25, 0.3) is 5.91 Å². The van der Waals surface area contributed by atoms with Crippen LogP contribution in [-0.4, -0.2) is 34.0 Å². The van der Waals surface area contributed by atoms with Crippen molar-refractivity contribution in [2.75, 3.05) is 13.1 Å². The molecule has 1 amide bonds. The zero-order valence-electron chi connectivity index (χ0n) is 17.9. The second-order valence-corrected chi connectivity index (χ2v) is 7.84. The number of carbonyl (C=O) groups excluding carboxylic acids is 1. The van der Waals surface area contributed by atoms with E-state index in [2.05, 4.69) is 11.1 Å². The van der Waals surface area contributed by atoms with E-state index in [1.54, 1.807) is 12.4 Å². The molecule has 1 aliphatic heterocycles. The van der Waals surface area contributed by atoms with Crippen LogP contribution in [0.4, 0.5) is 0 Å². The fraction of sp³-hybridized carbons (Fsp3) is 0.185. The molecule has 32 heavy (non-hydrogen) atoms. The largest absolute Gasteiger partial charge is 0.392 e. The number of nitrogens with two attached hydrogens (primary N) is 1. The standard InChI is InChI=1S/C27H27N3O2/c28-16-21-8-9-24(19-31)26(15-21)23-10-12-30(13-11-23)27(32)25-14-22(17-29-18-25)7-6-20-4-2-1-3-5-20/h1-10,14-15,17-18,31H,11-13,16,19,28H2. The monoisotopic (exact) mass is 425 g/mol. The first kappa shape index (κ1) is 21.7. The van der Waals surface area contributed by atoms with Crippen LogP contribution in [-0.2, 0) is 13.2 Å². The van der Waals surface area contributed by atoms with Crippen LogP contribution in [0.25, 0.3) is 17.7 Å². The first-order valence-electron chi connectivity index (χ1n) is 10.8. The molecule has 0 spiro atoms. The lowest BCUT2D eigenvalue weighted by atomic mass is 9.93. The van der Waals surface area contributed by atoms with Crippen molar-refractivity contribution in [2.45, 2.75) is 19.6 Å². The van der Waals surface area contributed by atoms with Crippen LogP contribution in [0.5, 0.6) is 0 Å². The Morgan fingerprint density at radius 2 is 1.88 bits per heavy atom. The molecule has 0 radical (unpaired) electrons. The van der Waals surface area contributed by atoms with Gasteiger partial charge >= 0.3 is 0 Å². The number of hydrogen-bond acceptors (Lipinski definition) is 4. The van der Waals surface area contributed by atoms with E-state index in [-0.39, 0.29) is 12.5 Å². The van der Waals surface area contributed by atoms with Crippen molar-refractivity contribution >= 4 is 23.6 Å². The lowest BCUT2D eigenvalue weighted by Crippen LogP contribution is -2.34. The Morgan fingerprint density at radius 3 is 2.59 bits per heavy atom. The topological polar surface area (TPSA) is 79.5 Å². The molecule has 0 fully saturated rings. The van der Waals surface area contributed by atoms with Gasteiger partial charge < -0.3 is 15.7 Å². The molecular formula is C27H27N3O2. The molecule has 0 bridgehead atoms. The van der Waals surface area contributed by atoms with Gasteiger partial charge in [-0.05, 0) is 51.9 Å². The molecule has 0 atom stereocenters. The van der Waals surface area contributed by atoms with Crippen molar-refractivity contribution in [3.05, 3.63) is 106 Å². The molecular weight excluding hydrogens is 398 g/mol. The van der Waals surface area contributed by atoms with Crippen molar-refractivity contribution in [1.82, 2.24) is 9.88 Å². The second kappa shape index (κ2) is 10.2. The minimum absolute atomic E-state index is 0.0187. The molecule has 1 aromatic heterocycles. The van der Waals surface area contributed by atoms with Crippen molar-refractivity contribution in [3.8, 4) is 0 Å². The molecule has 162 valence electrons. The number of amides is 1. The van der Waals surface area contributed by atoms with Crippen molar-refractivity contribution < 1.29 is 9.90 Å². The van der Waals surface area contributed by atoms with E-state index >= 15 is 0 Å². The third-order valence-electron chi connectivity index (χ3n) is 5.70. The molecule has 2 heterocycles. The molecule has 0 unspecified atom stereocenters. The van der Waals surface area contributed by atoms with Crippen LogP contribution < -0.4 is 5.73 Å². The van der Waals surface area contributed by atoms with Crippen LogP contribution in [0, 0.1) is 0 Å². The van der Waals surface area contributed by atoms with Gasteiger partial charge in [0, 0.05) is 32.0 Å². The summed E-state index contributed by atoms with van der Waals surface area (Å²) in [5, 5.41) is 9.71. The van der Waals surface area contributed by atoms with Crippen LogP contribution >= 0.6 is 0 Å². The van der Waals surface area contributed by atoms with E-state index < -0.39 is 0 Å². The Kier molecular flexibility index (Phi) is 6.90. The van der Waals surface area contributed by atoms with E-state index in [1.807, 2.05) is 71.6 Å². The fourth-order valence-corrected chi connectivity index (χ4v) is 3.89. The molecule has 3 aromatic rings. The van der Waals surface area contributed by atoms with Gasteiger partial charge in [0.1, 0.15) is 0 Å². The summed E-state index contributed by atoms with van der Waals surface area (Å²) in [5.74, 6) is -0.0270. The highest BCUT2D eigenvalue weighted by atomic mass is 16.3. The minimum Gasteiger partial charge on any atom is -0.392 e. The van der Waals surface area contributed by atoms with Crippen molar-refractivity contribution in [2.24, 2.45) is 5.73 Å². The summed E-state index contributed by atoms with van der Waals surface area (Å²) < 4.78 is 0. The van der Waals surface area contributed by atoms with Gasteiger partial charge in [0.15, 0.2) is 0 Å². The summed E-state index contributed by atoms with van der Waals surface area (Å²) in [6, 6.07) is 17.8. The first-order valence-corrected chi connectivity index (χ1v) is 10.8. The lowest BCUT2D eigenvalue weighted by molar-refractivity contribution is 0.0772. The molecule has 1 aliphatic rings. The van der Waals surface area contributed by atoms with Crippen LogP contribution in [0.2, 0.25) is 0 Å². The van der Waals surface area contributed by atoms with Gasteiger partial charge in [-0.25, -0.2) is 0 Å². The van der Waals surface area contributed by atoms with E-state index in [0.29, 0.717) is 25.2 Å². The number of benzene rings is 2. The van der Waals surface area contributed by atoms with Crippen LogP contribution in [0.3, 0.4) is 0 Å². The summed E-state index contributed by atoms with van der Waals surface area (Å²) >= 11 is 0. The van der Waals surface area contributed by atoms with Crippen molar-refractivity contribution in [1.29, 1.82) is 0 Å². The number of rotatable bonds is 6. The quantitative estimate of drug-likeness (QED) is 0.622. The Balaban J connectivity index is 1.48. The third-order valence-corrected chi connectivity index (χ3v) is 5.70. The molecule has 5 heteroatoms. The van der Waals surface area contributed by atoms with Crippen molar-refractivity contribution in [3.63, 3.8) is 0 Å². The summed E-state index contributed by atoms with van der Waals surface area (Å²) in [5.41, 5.74) is 12.4. The van der Waals surface area contributed by atoms with Gasteiger partial charge in [-0.3, -0.25) is 9.78 Å². The Labute approximate surface area is 188 Å². The van der Waals surface area contributed by atoms with E-state index in [0.717, 1.165) is 39.8 Å². The van der Waals surface area contributed by atoms with Gasteiger partial charge in [0.05, 0.1) is 12.2 Å². The molecule has 3 N–H and O–H groups in total. The number of aliphatic hydroxyl groups excluding tert-OH is 1. The van der Waals surface area contributed by atoms with Crippen LogP contribution in [0.1, 0.15) is 44.6 Å². The molecule has 5 nitrogen and oxygen atoms in total. The third kappa shape index (κ3) is 5.02. The first-order chi connectivity index (χ1) is 15.7. The average molecular weight is 426 g/mol. The Morgan fingerprint density at radius 1 is 1.06 bits per heavy atom. The van der Waals surface area contributed by atoms with E-state index in [1.165, 1.54) is 0 Å². The molecule has 0 saturated carbocycles. The summed E-state index contributed by atoms with van der Waals surface area (Å²) in [4.78, 5) is 19.2. The van der Waals surface area contributed by atoms with Gasteiger partial charge in [-0.2, -0.15) is 0 Å². The number of nitrogens with zero attached hydrogens (tertiary/aromatic N) is 2. The maximum atomic E-state index is 13.1. The second-order valence-electron chi connectivity index (χ2n) is 7.84. The number of carbonyl (C=O) groups is 1. The van der Waals surface area contributed by atoms with Gasteiger partial charge in [-0.15, -0.1) is 0 Å². The lowest BCUT2D eigenvalue weighted by Gasteiger charge is -2.27. The van der Waals surface area contributed by atoms with E-state index in [9.17, 15) is 9.90 Å². The molecule has 2 aromatic carbocycles. The maximum absolute atomic E-state index is 13.1. The van der Waals surface area contributed by atoms with Gasteiger partial charge in [0.2, 0.25) is 0 Å². The Bertz CT molecular complexity index is 1150. The predicted octanol–water partition coefficient (Wildman–Crippen LogP) is 4.13. The van der Waals surface area contributed by atoms with Crippen LogP contribution in [0.15, 0.2) is 73.1 Å². The van der Waals surface area contributed by atoms with Gasteiger partial charge in [-0.1, -0.05) is 60.7 Å². The normalized spacial score (nSPS) is 13.9. The summed E-state index contributed by atoms with van der Waals surface area (Å²) in [6.45, 7) is 1.58. The minimum atomic E-state index is -0.0270. The summed E-state index contributed by atoms with van der Waals surface area (Å²) in [6.07, 6.45) is 10.2. The summed E-state index contributed by atoms with van der Waals surface area (Å²) in [7, 11) is 0. The molecule has 4 rings (SSSR count). The number of hydrogen-bond donors (Lipinski definition) is 2. The number of aromatic nitrogens is 1. The average Bonchev–Trinajstić information content (AvgIpc) is 2.87. The zero-order chi connectivity index (χ0) is 22.3. The molecule has 0 saturated heterocycles. The van der Waals surface area contributed by atoms with E-state index in [4.69, 9.17) is 5.73 Å². The highest BCUT2D eigenvalue weighted by Gasteiger charge is 2.21. The number of pyridine rings is 1. The Hall–Kier alpha value is -3.54. The smallest absolute Gasteiger partial charge is 0.255 e.